The average Bonchev–Trinajstić information content (AvgIpc) is 2.72. The van der Waals surface area contributed by atoms with Gasteiger partial charge in [-0.05, 0) is 48.4 Å². The lowest BCUT2D eigenvalue weighted by atomic mass is 9.95. The van der Waals surface area contributed by atoms with E-state index >= 15 is 0 Å². The van der Waals surface area contributed by atoms with E-state index in [4.69, 9.17) is 14.7 Å². The van der Waals surface area contributed by atoms with Crippen LogP contribution in [-0.2, 0) is 26.0 Å². The minimum atomic E-state index is -4.12. The Labute approximate surface area is 166 Å². The van der Waals surface area contributed by atoms with Gasteiger partial charge in [0.2, 0.25) is 0 Å². The summed E-state index contributed by atoms with van der Waals surface area (Å²) in [5.74, 6) is -1.27. The topological polar surface area (TPSA) is 122 Å². The number of nitrogens with one attached hydrogen (secondary N) is 1. The molecule has 8 nitrogen and oxygen atoms in total. The second-order valence-electron chi connectivity index (χ2n) is 6.63. The van der Waals surface area contributed by atoms with Gasteiger partial charge in [0.25, 0.3) is 5.91 Å². The zero-order valence-electron chi connectivity index (χ0n) is 15.2. The summed E-state index contributed by atoms with van der Waals surface area (Å²) in [6.45, 7) is -0.419. The minimum Gasteiger partial charge on any atom is -0.489 e. The lowest BCUT2D eigenvalue weighted by molar-refractivity contribution is -0.161. The minimum absolute atomic E-state index is 0.0414. The van der Waals surface area contributed by atoms with Crippen LogP contribution >= 0.6 is 0 Å². The van der Waals surface area contributed by atoms with Crippen LogP contribution in [0.4, 0.5) is 4.39 Å². The summed E-state index contributed by atoms with van der Waals surface area (Å²) in [6, 6.07) is 11.3. The molecule has 0 bridgehead atoms. The van der Waals surface area contributed by atoms with Crippen LogP contribution in [0.3, 0.4) is 0 Å². The van der Waals surface area contributed by atoms with Gasteiger partial charge in [0, 0.05) is 6.61 Å². The lowest BCUT2D eigenvalue weighted by Gasteiger charge is -2.36. The number of hydrogen-bond donors (Lipinski definition) is 3. The van der Waals surface area contributed by atoms with Crippen LogP contribution < -0.4 is 10.2 Å². The van der Waals surface area contributed by atoms with Crippen LogP contribution in [0.1, 0.15) is 12.0 Å². The smallest absolute Gasteiger partial charge is 0.279 e. The first-order chi connectivity index (χ1) is 13.8. The van der Waals surface area contributed by atoms with Crippen molar-refractivity contribution in [1.29, 1.82) is 0 Å². The molecule has 0 aliphatic carbocycles. The van der Waals surface area contributed by atoms with Crippen LogP contribution in [0.15, 0.2) is 53.4 Å². The lowest BCUT2D eigenvalue weighted by Crippen LogP contribution is -2.62. The molecule has 1 heterocycles. The standard InChI is InChI=1S/C19H20FNO7S/c20-14-3-1-2-13(10-14)11-28-15-4-6-16(7-5-15)29(25,26)17-8-9-27-12-19(17,23)18(22)21-24/h1-7,10,17,23-24H,8-9,11-12H2,(H,21,22)/t17-,19-/m1/s1. The highest BCUT2D eigenvalue weighted by Gasteiger charge is 2.53. The molecular formula is C19H20FNO7S. The van der Waals surface area contributed by atoms with Gasteiger partial charge in [-0.25, -0.2) is 18.3 Å². The van der Waals surface area contributed by atoms with Crippen molar-refractivity contribution in [3.05, 3.63) is 59.9 Å². The first-order valence-corrected chi connectivity index (χ1v) is 10.3. The molecule has 3 rings (SSSR count). The van der Waals surface area contributed by atoms with E-state index in [1.54, 1.807) is 12.1 Å². The van der Waals surface area contributed by atoms with E-state index in [9.17, 15) is 22.7 Å². The highest BCUT2D eigenvalue weighted by Crippen LogP contribution is 2.32. The van der Waals surface area contributed by atoms with Gasteiger partial charge < -0.3 is 14.6 Å². The fourth-order valence-corrected chi connectivity index (χ4v) is 5.09. The van der Waals surface area contributed by atoms with E-state index in [0.717, 1.165) is 0 Å². The molecule has 0 aromatic heterocycles. The van der Waals surface area contributed by atoms with E-state index in [-0.39, 0.29) is 30.3 Å². The number of hydroxylamine groups is 1. The van der Waals surface area contributed by atoms with Gasteiger partial charge >= 0.3 is 0 Å². The van der Waals surface area contributed by atoms with Crippen LogP contribution in [-0.4, -0.2) is 48.7 Å². The van der Waals surface area contributed by atoms with E-state index in [1.807, 2.05) is 0 Å². The van der Waals surface area contributed by atoms with Gasteiger partial charge in [-0.15, -0.1) is 0 Å². The summed E-state index contributed by atoms with van der Waals surface area (Å²) in [5, 5.41) is 17.9. The summed E-state index contributed by atoms with van der Waals surface area (Å²) < 4.78 is 49.8. The molecule has 3 N–H and O–H groups in total. The number of ether oxygens (including phenoxy) is 2. The maximum absolute atomic E-state index is 13.2. The quantitative estimate of drug-likeness (QED) is 0.470. The zero-order valence-corrected chi connectivity index (χ0v) is 16.1. The molecule has 1 amide bonds. The third kappa shape index (κ3) is 4.40. The number of carbonyl (C=O) groups is 1. The van der Waals surface area contributed by atoms with Crippen molar-refractivity contribution in [2.75, 3.05) is 13.2 Å². The number of aliphatic hydroxyl groups is 1. The SMILES string of the molecule is O=C(NO)[C@@]1(O)COCC[C@H]1S(=O)(=O)c1ccc(OCc2cccc(F)c2)cc1. The molecule has 0 saturated carbocycles. The van der Waals surface area contributed by atoms with Crippen LogP contribution in [0.5, 0.6) is 5.75 Å². The Morgan fingerprint density at radius 1 is 1.28 bits per heavy atom. The first kappa shape index (κ1) is 21.2. The van der Waals surface area contributed by atoms with Crippen molar-refractivity contribution in [2.24, 2.45) is 0 Å². The Balaban J connectivity index is 1.77. The molecule has 0 spiro atoms. The zero-order chi connectivity index (χ0) is 21.1. The van der Waals surface area contributed by atoms with Crippen molar-refractivity contribution in [1.82, 2.24) is 5.48 Å². The molecule has 1 aliphatic heterocycles. The summed E-state index contributed by atoms with van der Waals surface area (Å²) in [5.41, 5.74) is -0.509. The third-order valence-corrected chi connectivity index (χ3v) is 7.00. The van der Waals surface area contributed by atoms with Crippen LogP contribution in [0.2, 0.25) is 0 Å². The van der Waals surface area contributed by atoms with Crippen molar-refractivity contribution < 1.29 is 37.4 Å². The highest BCUT2D eigenvalue weighted by atomic mass is 32.2. The van der Waals surface area contributed by atoms with Gasteiger partial charge in [0.1, 0.15) is 23.4 Å². The number of sulfone groups is 1. The third-order valence-electron chi connectivity index (χ3n) is 4.70. The predicted octanol–water partition coefficient (Wildman–Crippen LogP) is 1.20. The van der Waals surface area contributed by atoms with E-state index in [0.29, 0.717) is 11.3 Å². The molecule has 1 fully saturated rings. The maximum atomic E-state index is 13.2. The average molecular weight is 425 g/mol. The molecule has 2 aromatic rings. The van der Waals surface area contributed by atoms with Gasteiger partial charge in [-0.3, -0.25) is 10.0 Å². The van der Waals surface area contributed by atoms with Gasteiger partial charge in [-0.1, -0.05) is 12.1 Å². The molecule has 2 atom stereocenters. The van der Waals surface area contributed by atoms with E-state index < -0.39 is 33.2 Å². The van der Waals surface area contributed by atoms with Gasteiger partial charge in [-0.2, -0.15) is 0 Å². The summed E-state index contributed by atoms with van der Waals surface area (Å²) >= 11 is 0. The van der Waals surface area contributed by atoms with Crippen molar-refractivity contribution in [3.8, 4) is 5.75 Å². The Morgan fingerprint density at radius 3 is 2.66 bits per heavy atom. The van der Waals surface area contributed by atoms with Gasteiger partial charge in [0.15, 0.2) is 15.4 Å². The Hall–Kier alpha value is -2.53. The first-order valence-electron chi connectivity index (χ1n) is 8.73. The van der Waals surface area contributed by atoms with Crippen molar-refractivity contribution >= 4 is 15.7 Å². The molecule has 29 heavy (non-hydrogen) atoms. The molecule has 0 radical (unpaired) electrons. The molecule has 2 aromatic carbocycles. The van der Waals surface area contributed by atoms with Crippen LogP contribution in [0.25, 0.3) is 0 Å². The second kappa shape index (κ2) is 8.46. The highest BCUT2D eigenvalue weighted by molar-refractivity contribution is 7.92. The second-order valence-corrected chi connectivity index (χ2v) is 8.76. The van der Waals surface area contributed by atoms with Crippen LogP contribution in [0, 0.1) is 5.82 Å². The largest absolute Gasteiger partial charge is 0.489 e. The predicted molar refractivity (Wildman–Crippen MR) is 98.5 cm³/mol. The number of halogens is 1. The summed E-state index contributed by atoms with van der Waals surface area (Å²) in [7, 11) is -4.12. The van der Waals surface area contributed by atoms with Crippen molar-refractivity contribution in [2.45, 2.75) is 28.8 Å². The fraction of sp³-hybridized carbons (Fsp3) is 0.316. The monoisotopic (exact) mass is 425 g/mol. The summed E-state index contributed by atoms with van der Waals surface area (Å²) in [6.07, 6.45) is -0.121. The normalized spacial score (nSPS) is 22.1. The molecule has 1 saturated heterocycles. The molecule has 1 aliphatic rings. The number of amides is 1. The number of carbonyl (C=O) groups excluding carboxylic acids is 1. The maximum Gasteiger partial charge on any atom is 0.279 e. The van der Waals surface area contributed by atoms with E-state index in [2.05, 4.69) is 0 Å². The van der Waals surface area contributed by atoms with Gasteiger partial charge in [0.05, 0.1) is 11.5 Å². The number of hydrogen-bond acceptors (Lipinski definition) is 7. The number of rotatable bonds is 6. The molecule has 0 unspecified atom stereocenters. The molecule has 10 heteroatoms. The fourth-order valence-electron chi connectivity index (χ4n) is 3.15. The van der Waals surface area contributed by atoms with E-state index in [1.165, 1.54) is 41.9 Å². The molecular weight excluding hydrogens is 405 g/mol. The summed E-state index contributed by atoms with van der Waals surface area (Å²) in [4.78, 5) is 11.8. The van der Waals surface area contributed by atoms with Crippen molar-refractivity contribution in [3.63, 3.8) is 0 Å². The molecule has 156 valence electrons. The Bertz CT molecular complexity index is 980. The number of benzene rings is 2. The Morgan fingerprint density at radius 2 is 2.00 bits per heavy atom. The Kier molecular flexibility index (Phi) is 6.18.